The molecule has 1 aromatic carbocycles. The summed E-state index contributed by atoms with van der Waals surface area (Å²) in [4.78, 5) is 44.2. The maximum absolute atomic E-state index is 13.0. The van der Waals surface area contributed by atoms with Crippen LogP contribution in [0, 0.1) is 0 Å². The number of alkyl halides is 3. The Balaban J connectivity index is 0.000000360. The summed E-state index contributed by atoms with van der Waals surface area (Å²) < 4.78 is 33.6. The number of imidazole rings is 1. The molecule has 0 fully saturated rings. The number of aromatic nitrogens is 3. The van der Waals surface area contributed by atoms with Gasteiger partial charge in [0.2, 0.25) is 5.91 Å². The molecule has 1 atom stereocenters. The van der Waals surface area contributed by atoms with E-state index in [4.69, 9.17) is 9.90 Å². The zero-order chi connectivity index (χ0) is 23.5. The lowest BCUT2D eigenvalue weighted by atomic mass is 10.1. The molecule has 0 bridgehead atoms. The Morgan fingerprint density at radius 3 is 2.59 bits per heavy atom. The number of benzene rings is 1. The van der Waals surface area contributed by atoms with Gasteiger partial charge in [0.05, 0.1) is 30.6 Å². The zero-order valence-corrected chi connectivity index (χ0v) is 16.7. The van der Waals surface area contributed by atoms with E-state index in [0.29, 0.717) is 18.7 Å². The Bertz CT molecular complexity index is 1160. The molecular weight excluding hydrogens is 431 g/mol. The van der Waals surface area contributed by atoms with Crippen molar-refractivity contribution in [3.05, 3.63) is 60.3 Å². The van der Waals surface area contributed by atoms with Crippen molar-refractivity contribution in [1.29, 1.82) is 0 Å². The lowest BCUT2D eigenvalue weighted by molar-refractivity contribution is -0.192. The second-order valence-electron chi connectivity index (χ2n) is 6.82. The number of hydrogen-bond acceptors (Lipinski definition) is 5. The van der Waals surface area contributed by atoms with Gasteiger partial charge in [-0.2, -0.15) is 13.2 Å². The number of halogens is 3. The summed E-state index contributed by atoms with van der Waals surface area (Å²) in [5, 5.41) is 10.7. The highest BCUT2D eigenvalue weighted by molar-refractivity contribution is 5.98. The number of carbonyl (C=O) groups is 3. The Hall–Kier alpha value is -3.96. The van der Waals surface area contributed by atoms with E-state index in [0.717, 1.165) is 16.6 Å². The molecule has 0 saturated heterocycles. The number of likely N-dealkylation sites (N-methyl/N-ethyl adjacent to an activating group) is 1. The molecule has 9 nitrogen and oxygen atoms in total. The Labute approximate surface area is 179 Å². The Kier molecular flexibility index (Phi) is 6.42. The smallest absolute Gasteiger partial charge is 0.475 e. The van der Waals surface area contributed by atoms with Gasteiger partial charge < -0.3 is 19.9 Å². The van der Waals surface area contributed by atoms with E-state index < -0.39 is 18.2 Å². The van der Waals surface area contributed by atoms with Gasteiger partial charge in [-0.25, -0.2) is 9.78 Å². The Morgan fingerprint density at radius 1 is 1.22 bits per heavy atom. The maximum atomic E-state index is 13.0. The third kappa shape index (κ3) is 4.85. The molecule has 2 aromatic heterocycles. The number of pyridine rings is 1. The van der Waals surface area contributed by atoms with E-state index in [-0.39, 0.29) is 11.8 Å². The van der Waals surface area contributed by atoms with Crippen molar-refractivity contribution in [2.45, 2.75) is 18.8 Å². The van der Waals surface area contributed by atoms with Gasteiger partial charge in [0.25, 0.3) is 5.91 Å². The molecule has 12 heteroatoms. The van der Waals surface area contributed by atoms with Gasteiger partial charge >= 0.3 is 12.1 Å². The number of amides is 2. The van der Waals surface area contributed by atoms with E-state index in [1.807, 2.05) is 28.8 Å². The van der Waals surface area contributed by atoms with E-state index in [9.17, 15) is 22.8 Å². The highest BCUT2D eigenvalue weighted by atomic mass is 19.4. The minimum atomic E-state index is -5.08. The molecule has 4 rings (SSSR count). The van der Waals surface area contributed by atoms with Crippen molar-refractivity contribution >= 4 is 28.7 Å². The predicted octanol–water partition coefficient (Wildman–Crippen LogP) is 2.01. The van der Waals surface area contributed by atoms with Crippen LogP contribution in [0.2, 0.25) is 0 Å². The fraction of sp³-hybridized carbons (Fsp3) is 0.250. The van der Waals surface area contributed by atoms with Gasteiger partial charge in [-0.3, -0.25) is 14.6 Å². The molecule has 168 valence electrons. The van der Waals surface area contributed by atoms with Gasteiger partial charge in [-0.1, -0.05) is 6.07 Å². The normalized spacial score (nSPS) is 15.4. The second-order valence-corrected chi connectivity index (χ2v) is 6.82. The molecule has 0 spiro atoms. The van der Waals surface area contributed by atoms with E-state index in [2.05, 4.69) is 15.3 Å². The summed E-state index contributed by atoms with van der Waals surface area (Å²) in [6, 6.07) is 8.76. The molecule has 3 heterocycles. The quantitative estimate of drug-likeness (QED) is 0.618. The molecular formula is C20H18F3N5O4. The second kappa shape index (κ2) is 9.04. The molecule has 1 aliphatic rings. The SMILES string of the molecule is CNC(=O)C1CN(C(=O)c2ccc3ncccc3c2)Cc2cncn21.O=C(O)C(F)(F)F. The summed E-state index contributed by atoms with van der Waals surface area (Å²) in [5.74, 6) is -3.00. The third-order valence-electron chi connectivity index (χ3n) is 4.76. The summed E-state index contributed by atoms with van der Waals surface area (Å²) in [7, 11) is 1.59. The maximum Gasteiger partial charge on any atom is 0.490 e. The van der Waals surface area contributed by atoms with Crippen molar-refractivity contribution in [2.75, 3.05) is 13.6 Å². The van der Waals surface area contributed by atoms with Crippen LogP contribution in [0.3, 0.4) is 0 Å². The molecule has 3 aromatic rings. The average Bonchev–Trinajstić information content (AvgIpc) is 3.25. The number of fused-ring (bicyclic) bond motifs is 2. The van der Waals surface area contributed by atoms with Gasteiger partial charge in [-0.15, -0.1) is 0 Å². The average molecular weight is 449 g/mol. The topological polar surface area (TPSA) is 117 Å². The minimum absolute atomic E-state index is 0.105. The Morgan fingerprint density at radius 2 is 1.94 bits per heavy atom. The first-order valence-corrected chi connectivity index (χ1v) is 9.28. The van der Waals surface area contributed by atoms with Gasteiger partial charge in [-0.05, 0) is 24.3 Å². The summed E-state index contributed by atoms with van der Waals surface area (Å²) >= 11 is 0. The van der Waals surface area contributed by atoms with Crippen LogP contribution in [0.5, 0.6) is 0 Å². The van der Waals surface area contributed by atoms with Crippen LogP contribution in [-0.4, -0.2) is 62.1 Å². The number of rotatable bonds is 2. The van der Waals surface area contributed by atoms with Crippen LogP contribution in [0.4, 0.5) is 13.2 Å². The molecule has 2 N–H and O–H groups in total. The molecule has 1 unspecified atom stereocenters. The highest BCUT2D eigenvalue weighted by Gasteiger charge is 2.38. The highest BCUT2D eigenvalue weighted by Crippen LogP contribution is 2.24. The standard InChI is InChI=1S/C18H17N5O2.C2HF3O2/c1-19-17(24)16-10-22(9-14-8-20-11-23(14)16)18(25)13-4-5-15-12(7-13)3-2-6-21-15;3-2(4,5)1(6)7/h2-8,11,16H,9-10H2,1H3,(H,19,24);(H,6,7). The molecule has 0 saturated carbocycles. The molecule has 0 aliphatic carbocycles. The van der Waals surface area contributed by atoms with Crippen LogP contribution in [0.15, 0.2) is 49.1 Å². The molecule has 2 amide bonds. The first-order valence-electron chi connectivity index (χ1n) is 9.28. The summed E-state index contributed by atoms with van der Waals surface area (Å²) in [6.07, 6.45) is -0.0258. The number of nitrogens with zero attached hydrogens (tertiary/aromatic N) is 4. The number of carbonyl (C=O) groups excluding carboxylic acids is 2. The monoisotopic (exact) mass is 449 g/mol. The zero-order valence-electron chi connectivity index (χ0n) is 16.7. The van der Waals surface area contributed by atoms with Gasteiger partial charge in [0.1, 0.15) is 6.04 Å². The minimum Gasteiger partial charge on any atom is -0.475 e. The van der Waals surface area contributed by atoms with Crippen molar-refractivity contribution < 1.29 is 32.7 Å². The van der Waals surface area contributed by atoms with Crippen molar-refractivity contribution in [3.63, 3.8) is 0 Å². The predicted molar refractivity (Wildman–Crippen MR) is 106 cm³/mol. The number of nitrogens with one attached hydrogen (secondary N) is 1. The first kappa shape index (κ1) is 22.7. The number of carboxylic acid groups (broad SMARTS) is 1. The lowest BCUT2D eigenvalue weighted by Gasteiger charge is -2.33. The number of aliphatic carboxylic acids is 1. The van der Waals surface area contributed by atoms with E-state index in [1.54, 1.807) is 36.7 Å². The number of carboxylic acids is 1. The van der Waals surface area contributed by atoms with E-state index >= 15 is 0 Å². The third-order valence-corrected chi connectivity index (χ3v) is 4.76. The summed E-state index contributed by atoms with van der Waals surface area (Å²) in [6.45, 7) is 0.740. The van der Waals surface area contributed by atoms with E-state index in [1.165, 1.54) is 0 Å². The van der Waals surface area contributed by atoms with Crippen molar-refractivity contribution in [3.8, 4) is 0 Å². The molecule has 0 radical (unpaired) electrons. The van der Waals surface area contributed by atoms with Crippen LogP contribution in [0.1, 0.15) is 22.1 Å². The van der Waals surface area contributed by atoms with Gasteiger partial charge in [0.15, 0.2) is 0 Å². The fourth-order valence-electron chi connectivity index (χ4n) is 3.21. The van der Waals surface area contributed by atoms with Crippen LogP contribution >= 0.6 is 0 Å². The van der Waals surface area contributed by atoms with Crippen molar-refractivity contribution in [2.24, 2.45) is 0 Å². The largest absolute Gasteiger partial charge is 0.490 e. The number of hydrogen-bond donors (Lipinski definition) is 2. The lowest BCUT2D eigenvalue weighted by Crippen LogP contribution is -2.45. The molecule has 1 aliphatic heterocycles. The fourth-order valence-corrected chi connectivity index (χ4v) is 3.21. The summed E-state index contributed by atoms with van der Waals surface area (Å²) in [5.41, 5.74) is 2.28. The van der Waals surface area contributed by atoms with Crippen molar-refractivity contribution in [1.82, 2.24) is 24.8 Å². The van der Waals surface area contributed by atoms with Gasteiger partial charge in [0, 0.05) is 30.4 Å². The van der Waals surface area contributed by atoms with Crippen LogP contribution in [-0.2, 0) is 16.1 Å². The van der Waals surface area contributed by atoms with Crippen LogP contribution < -0.4 is 5.32 Å². The first-order chi connectivity index (χ1) is 15.1. The molecule has 32 heavy (non-hydrogen) atoms. The van der Waals surface area contributed by atoms with Crippen LogP contribution in [0.25, 0.3) is 10.9 Å².